The quantitative estimate of drug-likeness (QED) is 0.782. The Morgan fingerprint density at radius 3 is 2.54 bits per heavy atom. The summed E-state index contributed by atoms with van der Waals surface area (Å²) in [6, 6.07) is 14.4. The number of ether oxygens (including phenoxy) is 1. The second-order valence-corrected chi connectivity index (χ2v) is 5.88. The molecule has 4 nitrogen and oxygen atoms in total. The van der Waals surface area contributed by atoms with Crippen molar-refractivity contribution >= 4 is 5.91 Å². The molecular weight excluding hydrogens is 307 g/mol. The fourth-order valence-electron chi connectivity index (χ4n) is 2.12. The zero-order valence-electron chi connectivity index (χ0n) is 14.0. The molecule has 0 fully saturated rings. The lowest BCUT2D eigenvalue weighted by Gasteiger charge is -2.11. The lowest BCUT2D eigenvalue weighted by molar-refractivity contribution is -0.123. The Balaban J connectivity index is 1.83. The minimum atomic E-state index is -0.377. The Kier molecular flexibility index (Phi) is 6.75. The van der Waals surface area contributed by atoms with E-state index in [1.165, 1.54) is 12.1 Å². The monoisotopic (exact) mass is 330 g/mol. The first-order chi connectivity index (χ1) is 11.5. The van der Waals surface area contributed by atoms with Gasteiger partial charge in [-0.1, -0.05) is 44.2 Å². The third-order valence-corrected chi connectivity index (χ3v) is 3.35. The van der Waals surface area contributed by atoms with Crippen LogP contribution in [-0.2, 0) is 17.9 Å². The highest BCUT2D eigenvalue weighted by Gasteiger charge is 2.06. The normalized spacial score (nSPS) is 10.7. The van der Waals surface area contributed by atoms with E-state index >= 15 is 0 Å². The van der Waals surface area contributed by atoms with Crippen LogP contribution in [0.2, 0.25) is 0 Å². The number of halogens is 1. The molecule has 2 aromatic carbocycles. The number of hydrogen-bond donors (Lipinski definition) is 2. The van der Waals surface area contributed by atoms with E-state index in [-0.39, 0.29) is 18.3 Å². The fourth-order valence-corrected chi connectivity index (χ4v) is 2.12. The van der Waals surface area contributed by atoms with Crippen LogP contribution >= 0.6 is 0 Å². The molecule has 0 spiro atoms. The maximum absolute atomic E-state index is 13.6. The van der Waals surface area contributed by atoms with Crippen molar-refractivity contribution in [3.63, 3.8) is 0 Å². The standard InChI is InChI=1S/C19H23FN2O2/c1-14(2)21-12-16-8-17(20)10-18(9-16)24-13-19(23)22-11-15-6-4-3-5-7-15/h3-10,14,21H,11-13H2,1-2H3,(H,22,23). The SMILES string of the molecule is CC(C)NCc1cc(F)cc(OCC(=O)NCc2ccccc2)c1. The Labute approximate surface area is 142 Å². The van der Waals surface area contributed by atoms with E-state index in [9.17, 15) is 9.18 Å². The third kappa shape index (κ3) is 6.38. The van der Waals surface area contributed by atoms with Crippen LogP contribution in [0.4, 0.5) is 4.39 Å². The highest BCUT2D eigenvalue weighted by atomic mass is 19.1. The minimum Gasteiger partial charge on any atom is -0.484 e. The summed E-state index contributed by atoms with van der Waals surface area (Å²) >= 11 is 0. The summed E-state index contributed by atoms with van der Waals surface area (Å²) in [7, 11) is 0. The van der Waals surface area contributed by atoms with Crippen molar-refractivity contribution in [3.05, 3.63) is 65.5 Å². The third-order valence-electron chi connectivity index (χ3n) is 3.35. The Morgan fingerprint density at radius 2 is 1.83 bits per heavy atom. The molecule has 0 heterocycles. The molecule has 0 aliphatic heterocycles. The maximum Gasteiger partial charge on any atom is 0.258 e. The van der Waals surface area contributed by atoms with Gasteiger partial charge in [0, 0.05) is 25.2 Å². The van der Waals surface area contributed by atoms with Crippen molar-refractivity contribution in [1.82, 2.24) is 10.6 Å². The number of carbonyl (C=O) groups is 1. The molecule has 2 rings (SSSR count). The lowest BCUT2D eigenvalue weighted by atomic mass is 10.2. The van der Waals surface area contributed by atoms with E-state index in [4.69, 9.17) is 4.74 Å². The molecule has 1 amide bonds. The summed E-state index contributed by atoms with van der Waals surface area (Å²) in [6.45, 7) is 4.89. The molecule has 0 atom stereocenters. The molecule has 0 saturated carbocycles. The molecule has 0 aromatic heterocycles. The average Bonchev–Trinajstić information content (AvgIpc) is 2.57. The van der Waals surface area contributed by atoms with Crippen LogP contribution in [-0.4, -0.2) is 18.6 Å². The van der Waals surface area contributed by atoms with E-state index in [1.54, 1.807) is 6.07 Å². The summed E-state index contributed by atoms with van der Waals surface area (Å²) in [5, 5.41) is 5.99. The number of hydrogen-bond acceptors (Lipinski definition) is 3. The molecular formula is C19H23FN2O2. The molecule has 24 heavy (non-hydrogen) atoms. The van der Waals surface area contributed by atoms with Crippen molar-refractivity contribution in [2.45, 2.75) is 33.0 Å². The summed E-state index contributed by atoms with van der Waals surface area (Å²) in [5.41, 5.74) is 1.79. The topological polar surface area (TPSA) is 50.4 Å². The Morgan fingerprint density at radius 1 is 1.08 bits per heavy atom. The largest absolute Gasteiger partial charge is 0.484 e. The van der Waals surface area contributed by atoms with Gasteiger partial charge in [0.05, 0.1) is 0 Å². The second-order valence-electron chi connectivity index (χ2n) is 5.88. The second kappa shape index (κ2) is 9.03. The summed E-state index contributed by atoms with van der Waals surface area (Å²) in [6.07, 6.45) is 0. The van der Waals surface area contributed by atoms with Gasteiger partial charge in [-0.05, 0) is 23.3 Å². The smallest absolute Gasteiger partial charge is 0.258 e. The van der Waals surface area contributed by atoms with Crippen molar-refractivity contribution < 1.29 is 13.9 Å². The highest BCUT2D eigenvalue weighted by Crippen LogP contribution is 2.16. The van der Waals surface area contributed by atoms with Crippen LogP contribution < -0.4 is 15.4 Å². The van der Waals surface area contributed by atoms with Crippen molar-refractivity contribution in [1.29, 1.82) is 0 Å². The number of benzene rings is 2. The number of carbonyl (C=O) groups excluding carboxylic acids is 1. The van der Waals surface area contributed by atoms with Crippen molar-refractivity contribution in [3.8, 4) is 5.75 Å². The molecule has 0 saturated heterocycles. The molecule has 0 aliphatic rings. The molecule has 5 heteroatoms. The molecule has 0 radical (unpaired) electrons. The molecule has 0 unspecified atom stereocenters. The number of nitrogens with one attached hydrogen (secondary N) is 2. The molecule has 2 aromatic rings. The van der Waals surface area contributed by atoms with Gasteiger partial charge < -0.3 is 15.4 Å². The van der Waals surface area contributed by atoms with Gasteiger partial charge in [-0.25, -0.2) is 4.39 Å². The van der Waals surface area contributed by atoms with E-state index in [0.29, 0.717) is 24.9 Å². The van der Waals surface area contributed by atoms with Gasteiger partial charge in [0.15, 0.2) is 6.61 Å². The van der Waals surface area contributed by atoms with Gasteiger partial charge in [0.1, 0.15) is 11.6 Å². The van der Waals surface area contributed by atoms with Gasteiger partial charge >= 0.3 is 0 Å². The predicted molar refractivity (Wildman–Crippen MR) is 92.2 cm³/mol. The Bertz CT molecular complexity index is 660. The fraction of sp³-hybridized carbons (Fsp3) is 0.316. The van der Waals surface area contributed by atoms with E-state index in [0.717, 1.165) is 11.1 Å². The van der Waals surface area contributed by atoms with Crippen LogP contribution in [0.25, 0.3) is 0 Å². The van der Waals surface area contributed by atoms with Crippen LogP contribution in [0.1, 0.15) is 25.0 Å². The predicted octanol–water partition coefficient (Wildman–Crippen LogP) is 3.02. The number of amides is 1. The van der Waals surface area contributed by atoms with Crippen molar-refractivity contribution in [2.24, 2.45) is 0 Å². The summed E-state index contributed by atoms with van der Waals surface area (Å²) < 4.78 is 19.0. The van der Waals surface area contributed by atoms with Crippen LogP contribution in [0.5, 0.6) is 5.75 Å². The minimum absolute atomic E-state index is 0.145. The Hall–Kier alpha value is -2.40. The van der Waals surface area contributed by atoms with Gasteiger partial charge in [-0.15, -0.1) is 0 Å². The van der Waals surface area contributed by atoms with Crippen LogP contribution in [0.15, 0.2) is 48.5 Å². The molecule has 0 bridgehead atoms. The van der Waals surface area contributed by atoms with E-state index < -0.39 is 0 Å². The zero-order chi connectivity index (χ0) is 17.4. The van der Waals surface area contributed by atoms with Crippen molar-refractivity contribution in [2.75, 3.05) is 6.61 Å². The zero-order valence-corrected chi connectivity index (χ0v) is 14.0. The highest BCUT2D eigenvalue weighted by molar-refractivity contribution is 5.77. The van der Waals surface area contributed by atoms with Gasteiger partial charge in [0.25, 0.3) is 5.91 Å². The van der Waals surface area contributed by atoms with E-state index in [2.05, 4.69) is 10.6 Å². The first-order valence-corrected chi connectivity index (χ1v) is 7.99. The first-order valence-electron chi connectivity index (χ1n) is 7.99. The summed E-state index contributed by atoms with van der Waals surface area (Å²) in [4.78, 5) is 11.8. The van der Waals surface area contributed by atoms with Crippen LogP contribution in [0, 0.1) is 5.82 Å². The van der Waals surface area contributed by atoms with Gasteiger partial charge in [0.2, 0.25) is 0 Å². The summed E-state index contributed by atoms with van der Waals surface area (Å²) in [5.74, 6) is -0.270. The maximum atomic E-state index is 13.6. The number of rotatable bonds is 8. The van der Waals surface area contributed by atoms with Gasteiger partial charge in [-0.3, -0.25) is 4.79 Å². The molecule has 2 N–H and O–H groups in total. The van der Waals surface area contributed by atoms with E-state index in [1.807, 2.05) is 44.2 Å². The van der Waals surface area contributed by atoms with Gasteiger partial charge in [-0.2, -0.15) is 0 Å². The first kappa shape index (κ1) is 17.9. The lowest BCUT2D eigenvalue weighted by Crippen LogP contribution is -2.28. The molecule has 128 valence electrons. The van der Waals surface area contributed by atoms with Crippen LogP contribution in [0.3, 0.4) is 0 Å². The average molecular weight is 330 g/mol. The molecule has 0 aliphatic carbocycles.